The summed E-state index contributed by atoms with van der Waals surface area (Å²) in [6.45, 7) is 3.04. The molecule has 0 atom stereocenters. The molecular weight excluding hydrogens is 296 g/mol. The maximum absolute atomic E-state index is 8.75. The number of nitriles is 2. The summed E-state index contributed by atoms with van der Waals surface area (Å²) in [5, 5.41) is 20.6. The molecule has 18 heavy (non-hydrogen) atoms. The van der Waals surface area contributed by atoms with Crippen LogP contribution in [0.25, 0.3) is 0 Å². The van der Waals surface area contributed by atoms with Crippen molar-refractivity contribution >= 4 is 27.7 Å². The fourth-order valence-corrected chi connectivity index (χ4v) is 1.72. The second-order valence-electron chi connectivity index (χ2n) is 3.46. The van der Waals surface area contributed by atoms with Crippen LogP contribution in [0.15, 0.2) is 10.7 Å². The van der Waals surface area contributed by atoms with E-state index in [1.807, 2.05) is 19.1 Å². The third kappa shape index (κ3) is 3.86. The fourth-order valence-electron chi connectivity index (χ4n) is 1.28. The summed E-state index contributed by atoms with van der Waals surface area (Å²) < 4.78 is 0.662. The fraction of sp³-hybridized carbons (Fsp3) is 0.455. The monoisotopic (exact) mass is 308 g/mol. The summed E-state index contributed by atoms with van der Waals surface area (Å²) in [4.78, 5) is 10.0. The van der Waals surface area contributed by atoms with Crippen LogP contribution in [-0.4, -0.2) is 29.6 Å². The Hall–Kier alpha value is -1.86. The predicted molar refractivity (Wildman–Crippen MR) is 72.0 cm³/mol. The summed E-state index contributed by atoms with van der Waals surface area (Å²) in [5.74, 6) is 1.04. The van der Waals surface area contributed by atoms with E-state index >= 15 is 0 Å². The number of hydrogen-bond acceptors (Lipinski definition) is 6. The second kappa shape index (κ2) is 7.46. The molecule has 1 N–H and O–H groups in total. The second-order valence-corrected chi connectivity index (χ2v) is 4.32. The zero-order chi connectivity index (χ0) is 13.4. The molecule has 0 spiro atoms. The van der Waals surface area contributed by atoms with E-state index < -0.39 is 0 Å². The Morgan fingerprint density at radius 3 is 2.61 bits per heavy atom. The van der Waals surface area contributed by atoms with Gasteiger partial charge in [-0.3, -0.25) is 0 Å². The zero-order valence-corrected chi connectivity index (χ0v) is 11.6. The highest BCUT2D eigenvalue weighted by atomic mass is 79.9. The quantitative estimate of drug-likeness (QED) is 0.808. The summed E-state index contributed by atoms with van der Waals surface area (Å²) in [6.07, 6.45) is 2.58. The molecule has 0 saturated carbocycles. The Labute approximate surface area is 114 Å². The third-order valence-electron chi connectivity index (χ3n) is 2.08. The number of rotatable bonds is 6. The van der Waals surface area contributed by atoms with E-state index in [-0.39, 0.29) is 13.1 Å². The van der Waals surface area contributed by atoms with Crippen LogP contribution in [-0.2, 0) is 0 Å². The standard InChI is InChI=1S/C11H13BrN6/c1-2-5-15-11-16-8-9(12)10(17-11)18(6-3-13)7-4-14/h8H,2,5-7H2,1H3,(H,15,16,17). The first-order valence-corrected chi connectivity index (χ1v) is 6.27. The van der Waals surface area contributed by atoms with E-state index in [0.717, 1.165) is 13.0 Å². The number of hydrogen-bond donors (Lipinski definition) is 1. The molecule has 0 radical (unpaired) electrons. The van der Waals surface area contributed by atoms with E-state index in [1.54, 1.807) is 11.1 Å². The highest BCUT2D eigenvalue weighted by Gasteiger charge is 2.12. The lowest BCUT2D eigenvalue weighted by atomic mass is 10.4. The molecule has 0 bridgehead atoms. The maximum Gasteiger partial charge on any atom is 0.224 e. The Morgan fingerprint density at radius 1 is 1.39 bits per heavy atom. The molecule has 0 aliphatic heterocycles. The lowest BCUT2D eigenvalue weighted by Crippen LogP contribution is -2.25. The highest BCUT2D eigenvalue weighted by molar-refractivity contribution is 9.10. The molecule has 0 aliphatic rings. The molecule has 0 saturated heterocycles. The number of nitrogens with one attached hydrogen (secondary N) is 1. The van der Waals surface area contributed by atoms with Crippen molar-refractivity contribution in [2.45, 2.75) is 13.3 Å². The van der Waals surface area contributed by atoms with Crippen LogP contribution in [0.1, 0.15) is 13.3 Å². The SMILES string of the molecule is CCCNc1ncc(Br)c(N(CC#N)CC#N)n1. The van der Waals surface area contributed by atoms with Gasteiger partial charge in [-0.05, 0) is 22.4 Å². The summed E-state index contributed by atoms with van der Waals surface area (Å²) in [6, 6.07) is 4.03. The van der Waals surface area contributed by atoms with Crippen LogP contribution in [0.3, 0.4) is 0 Å². The van der Waals surface area contributed by atoms with Crippen molar-refractivity contribution in [2.24, 2.45) is 0 Å². The lowest BCUT2D eigenvalue weighted by Gasteiger charge is -2.18. The van der Waals surface area contributed by atoms with Gasteiger partial charge in [-0.15, -0.1) is 0 Å². The van der Waals surface area contributed by atoms with Crippen molar-refractivity contribution in [3.63, 3.8) is 0 Å². The molecule has 94 valence electrons. The number of aromatic nitrogens is 2. The van der Waals surface area contributed by atoms with Gasteiger partial charge < -0.3 is 10.2 Å². The first-order valence-electron chi connectivity index (χ1n) is 5.48. The largest absolute Gasteiger partial charge is 0.354 e. The van der Waals surface area contributed by atoms with Gasteiger partial charge in [-0.2, -0.15) is 15.5 Å². The van der Waals surface area contributed by atoms with E-state index in [4.69, 9.17) is 10.5 Å². The van der Waals surface area contributed by atoms with Gasteiger partial charge in [0.15, 0.2) is 0 Å². The third-order valence-corrected chi connectivity index (χ3v) is 2.64. The molecule has 1 aromatic heterocycles. The van der Waals surface area contributed by atoms with Gasteiger partial charge in [0.2, 0.25) is 5.95 Å². The van der Waals surface area contributed by atoms with Gasteiger partial charge in [0.05, 0.1) is 16.6 Å². The van der Waals surface area contributed by atoms with Crippen LogP contribution in [0, 0.1) is 22.7 Å². The Morgan fingerprint density at radius 2 is 2.06 bits per heavy atom. The van der Waals surface area contributed by atoms with Gasteiger partial charge in [0, 0.05) is 12.7 Å². The molecule has 6 nitrogen and oxygen atoms in total. The van der Waals surface area contributed by atoms with Crippen molar-refractivity contribution in [1.29, 1.82) is 10.5 Å². The van der Waals surface area contributed by atoms with Gasteiger partial charge in [0.25, 0.3) is 0 Å². The van der Waals surface area contributed by atoms with Crippen molar-refractivity contribution in [3.05, 3.63) is 10.7 Å². The molecule has 7 heteroatoms. The molecule has 0 amide bonds. The first kappa shape index (κ1) is 14.2. The Kier molecular flexibility index (Phi) is 5.89. The molecule has 1 heterocycles. The Bertz CT molecular complexity index is 459. The van der Waals surface area contributed by atoms with Crippen LogP contribution in [0.5, 0.6) is 0 Å². The van der Waals surface area contributed by atoms with Crippen LogP contribution < -0.4 is 10.2 Å². The topological polar surface area (TPSA) is 88.6 Å². The molecule has 1 aromatic rings. The minimum absolute atomic E-state index is 0.108. The average molecular weight is 309 g/mol. The van der Waals surface area contributed by atoms with Gasteiger partial charge in [-0.25, -0.2) is 4.98 Å². The van der Waals surface area contributed by atoms with E-state index in [2.05, 4.69) is 31.2 Å². The molecular formula is C11H13BrN6. The van der Waals surface area contributed by atoms with Gasteiger partial charge in [-0.1, -0.05) is 6.92 Å². The van der Waals surface area contributed by atoms with Gasteiger partial charge in [0.1, 0.15) is 18.9 Å². The van der Waals surface area contributed by atoms with E-state index in [0.29, 0.717) is 16.2 Å². The first-order chi connectivity index (χ1) is 8.72. The maximum atomic E-state index is 8.75. The summed E-state index contributed by atoms with van der Waals surface area (Å²) in [7, 11) is 0. The van der Waals surface area contributed by atoms with Crippen LogP contribution >= 0.6 is 15.9 Å². The predicted octanol–water partition coefficient (Wildman–Crippen LogP) is 1.91. The lowest BCUT2D eigenvalue weighted by molar-refractivity contribution is 0.905. The van der Waals surface area contributed by atoms with E-state index in [9.17, 15) is 0 Å². The van der Waals surface area contributed by atoms with Crippen LogP contribution in [0.4, 0.5) is 11.8 Å². The summed E-state index contributed by atoms with van der Waals surface area (Å²) >= 11 is 3.33. The number of nitrogens with zero attached hydrogens (tertiary/aromatic N) is 5. The van der Waals surface area contributed by atoms with Crippen molar-refractivity contribution in [1.82, 2.24) is 9.97 Å². The Balaban J connectivity index is 2.97. The summed E-state index contributed by atoms with van der Waals surface area (Å²) in [5.41, 5.74) is 0. The van der Waals surface area contributed by atoms with Crippen molar-refractivity contribution < 1.29 is 0 Å². The van der Waals surface area contributed by atoms with E-state index in [1.165, 1.54) is 0 Å². The van der Waals surface area contributed by atoms with Crippen LogP contribution in [0.2, 0.25) is 0 Å². The van der Waals surface area contributed by atoms with Crippen molar-refractivity contribution in [3.8, 4) is 12.1 Å². The minimum Gasteiger partial charge on any atom is -0.354 e. The smallest absolute Gasteiger partial charge is 0.224 e. The number of halogens is 1. The number of anilines is 2. The molecule has 0 unspecified atom stereocenters. The minimum atomic E-state index is 0.108. The van der Waals surface area contributed by atoms with Crippen molar-refractivity contribution in [2.75, 3.05) is 29.9 Å². The molecule has 1 rings (SSSR count). The molecule has 0 aromatic carbocycles. The molecule has 0 fully saturated rings. The highest BCUT2D eigenvalue weighted by Crippen LogP contribution is 2.23. The molecule has 0 aliphatic carbocycles. The normalized spacial score (nSPS) is 9.33. The average Bonchev–Trinajstić information content (AvgIpc) is 2.37. The van der Waals surface area contributed by atoms with Gasteiger partial charge >= 0.3 is 0 Å². The zero-order valence-electron chi connectivity index (χ0n) is 10.0.